The Kier molecular flexibility index (Phi) is 4.67. The quantitative estimate of drug-likeness (QED) is 0.683. The van der Waals surface area contributed by atoms with Crippen LogP contribution in [0.4, 0.5) is 14.5 Å². The summed E-state index contributed by atoms with van der Waals surface area (Å²) in [6, 6.07) is 6.44. The number of hydrogen-bond donors (Lipinski definition) is 0. The second-order valence-corrected chi connectivity index (χ2v) is 6.36. The summed E-state index contributed by atoms with van der Waals surface area (Å²) in [6.07, 6.45) is 2.64. The molecule has 4 rings (SSSR count). The van der Waals surface area contributed by atoms with Crippen molar-refractivity contribution in [2.75, 3.05) is 24.6 Å². The van der Waals surface area contributed by atoms with Crippen LogP contribution in [0.2, 0.25) is 5.02 Å². The zero-order chi connectivity index (χ0) is 19.0. The van der Waals surface area contributed by atoms with Crippen LogP contribution in [0.3, 0.4) is 0 Å². The number of halogens is 3. The second kappa shape index (κ2) is 7.13. The lowest BCUT2D eigenvalue weighted by Gasteiger charge is -2.33. The molecule has 0 amide bonds. The first kappa shape index (κ1) is 17.7. The zero-order valence-electron chi connectivity index (χ0n) is 13.9. The molecule has 0 N–H and O–H groups in total. The van der Waals surface area contributed by atoms with Gasteiger partial charge in [0.15, 0.2) is 5.82 Å². The molecule has 0 saturated carbocycles. The number of benzene rings is 1. The van der Waals surface area contributed by atoms with Gasteiger partial charge in [0, 0.05) is 12.6 Å². The monoisotopic (exact) mass is 393 g/mol. The molecule has 1 fully saturated rings. The van der Waals surface area contributed by atoms with Gasteiger partial charge in [-0.15, -0.1) is 0 Å². The Hall–Kier alpha value is -2.71. The average molecular weight is 394 g/mol. The van der Waals surface area contributed by atoms with E-state index >= 15 is 0 Å². The van der Waals surface area contributed by atoms with Crippen molar-refractivity contribution < 1.29 is 17.9 Å². The van der Waals surface area contributed by atoms with Crippen molar-refractivity contribution >= 4 is 17.3 Å². The maximum atomic E-state index is 14.0. The van der Waals surface area contributed by atoms with Gasteiger partial charge >= 0.3 is 0 Å². The summed E-state index contributed by atoms with van der Waals surface area (Å²) >= 11 is 6.26. The van der Waals surface area contributed by atoms with E-state index in [1.54, 1.807) is 12.3 Å². The van der Waals surface area contributed by atoms with E-state index in [1.165, 1.54) is 6.20 Å². The highest BCUT2D eigenvalue weighted by atomic mass is 35.5. The predicted molar refractivity (Wildman–Crippen MR) is 94.4 cm³/mol. The second-order valence-electron chi connectivity index (χ2n) is 5.98. The molecule has 0 spiro atoms. The minimum atomic E-state index is -0.905. The molecule has 1 aromatic carbocycles. The lowest BCUT2D eigenvalue weighted by atomic mass is 10.2. The van der Waals surface area contributed by atoms with Gasteiger partial charge in [-0.3, -0.25) is 4.79 Å². The summed E-state index contributed by atoms with van der Waals surface area (Å²) in [5.74, 6) is -0.979. The summed E-state index contributed by atoms with van der Waals surface area (Å²) in [5, 5.41) is 3.91. The molecule has 1 atom stereocenters. The van der Waals surface area contributed by atoms with E-state index in [2.05, 4.69) is 5.10 Å². The number of anilines is 1. The number of aromatic nitrogens is 2. The van der Waals surface area contributed by atoms with Gasteiger partial charge < -0.3 is 14.1 Å². The smallest absolute Gasteiger partial charge is 0.292 e. The molecular weight excluding hydrogens is 380 g/mol. The summed E-state index contributed by atoms with van der Waals surface area (Å²) in [4.78, 5) is 14.5. The number of nitrogens with zero attached hydrogens (tertiary/aromatic N) is 3. The lowest BCUT2D eigenvalue weighted by molar-refractivity contribution is 0.0257. The molecule has 2 aromatic heterocycles. The van der Waals surface area contributed by atoms with E-state index in [0.717, 1.165) is 16.8 Å². The topological polar surface area (TPSA) is 60.5 Å². The van der Waals surface area contributed by atoms with Gasteiger partial charge in [-0.05, 0) is 24.3 Å². The van der Waals surface area contributed by atoms with Crippen molar-refractivity contribution in [2.24, 2.45) is 0 Å². The van der Waals surface area contributed by atoms with Crippen LogP contribution in [0.1, 0.15) is 11.9 Å². The Morgan fingerprint density at radius 1 is 1.22 bits per heavy atom. The van der Waals surface area contributed by atoms with Gasteiger partial charge in [0.1, 0.15) is 28.4 Å². The van der Waals surface area contributed by atoms with Crippen molar-refractivity contribution in [2.45, 2.75) is 6.10 Å². The van der Waals surface area contributed by atoms with Crippen LogP contribution in [0.25, 0.3) is 5.69 Å². The highest BCUT2D eigenvalue weighted by Crippen LogP contribution is 2.29. The molecule has 9 heteroatoms. The molecule has 0 bridgehead atoms. The molecular formula is C18H14ClF2N3O3. The van der Waals surface area contributed by atoms with Crippen molar-refractivity contribution in [1.82, 2.24) is 9.78 Å². The minimum absolute atomic E-state index is 0.103. The fraction of sp³-hybridized carbons (Fsp3) is 0.222. The normalized spacial score (nSPS) is 17.3. The SMILES string of the molecule is O=c1c(Cl)c(N2CCOC(c3ccco3)C2)cnn1-c1ccc(F)cc1F. The molecule has 1 aliphatic heterocycles. The van der Waals surface area contributed by atoms with Gasteiger partial charge in [-0.25, -0.2) is 8.78 Å². The molecule has 140 valence electrons. The predicted octanol–water partition coefficient (Wildman–Crippen LogP) is 3.34. The van der Waals surface area contributed by atoms with E-state index in [9.17, 15) is 13.6 Å². The van der Waals surface area contributed by atoms with Crippen molar-refractivity contribution in [3.63, 3.8) is 0 Å². The lowest BCUT2D eigenvalue weighted by Crippen LogP contribution is -2.39. The van der Waals surface area contributed by atoms with Gasteiger partial charge in [0.05, 0.1) is 31.3 Å². The fourth-order valence-corrected chi connectivity index (χ4v) is 3.23. The maximum absolute atomic E-state index is 14.0. The first-order valence-electron chi connectivity index (χ1n) is 8.18. The van der Waals surface area contributed by atoms with E-state index in [1.807, 2.05) is 11.0 Å². The summed E-state index contributed by atoms with van der Waals surface area (Å²) in [6.45, 7) is 1.34. The van der Waals surface area contributed by atoms with Crippen molar-refractivity contribution in [3.8, 4) is 5.69 Å². The molecule has 1 aliphatic rings. The number of furan rings is 1. The van der Waals surface area contributed by atoms with E-state index in [-0.39, 0.29) is 16.8 Å². The Balaban J connectivity index is 1.67. The summed E-state index contributed by atoms with van der Waals surface area (Å²) in [5.41, 5.74) is -0.453. The average Bonchev–Trinajstić information content (AvgIpc) is 3.19. The first-order valence-corrected chi connectivity index (χ1v) is 8.55. The molecule has 27 heavy (non-hydrogen) atoms. The molecule has 0 aliphatic carbocycles. The Labute approximate surface area is 157 Å². The Morgan fingerprint density at radius 2 is 2.07 bits per heavy atom. The van der Waals surface area contributed by atoms with Gasteiger partial charge in [0.25, 0.3) is 5.56 Å². The third-order valence-electron chi connectivity index (χ3n) is 4.31. The highest BCUT2D eigenvalue weighted by Gasteiger charge is 2.27. The molecule has 0 radical (unpaired) electrons. The van der Waals surface area contributed by atoms with Crippen LogP contribution < -0.4 is 10.5 Å². The van der Waals surface area contributed by atoms with E-state index in [0.29, 0.717) is 37.2 Å². The number of rotatable bonds is 3. The third-order valence-corrected chi connectivity index (χ3v) is 4.66. The minimum Gasteiger partial charge on any atom is -0.467 e. The third kappa shape index (κ3) is 3.33. The van der Waals surface area contributed by atoms with Crippen LogP contribution in [0.5, 0.6) is 0 Å². The maximum Gasteiger partial charge on any atom is 0.292 e. The van der Waals surface area contributed by atoms with Crippen LogP contribution in [-0.4, -0.2) is 29.5 Å². The molecule has 1 saturated heterocycles. The summed E-state index contributed by atoms with van der Waals surface area (Å²) in [7, 11) is 0. The number of morpholine rings is 1. The van der Waals surface area contributed by atoms with Crippen molar-refractivity contribution in [3.05, 3.63) is 75.6 Å². The van der Waals surface area contributed by atoms with Crippen LogP contribution in [0.15, 0.2) is 52.0 Å². The largest absolute Gasteiger partial charge is 0.467 e. The highest BCUT2D eigenvalue weighted by molar-refractivity contribution is 6.33. The molecule has 1 unspecified atom stereocenters. The van der Waals surface area contributed by atoms with Gasteiger partial charge in [0.2, 0.25) is 0 Å². The molecule has 3 heterocycles. The van der Waals surface area contributed by atoms with E-state index < -0.39 is 17.2 Å². The molecule has 3 aromatic rings. The first-order chi connectivity index (χ1) is 13.0. The van der Waals surface area contributed by atoms with Gasteiger partial charge in [-0.1, -0.05) is 11.6 Å². The van der Waals surface area contributed by atoms with E-state index in [4.69, 9.17) is 20.8 Å². The Morgan fingerprint density at radius 3 is 2.81 bits per heavy atom. The van der Waals surface area contributed by atoms with Crippen LogP contribution in [0, 0.1) is 11.6 Å². The number of hydrogen-bond acceptors (Lipinski definition) is 5. The number of ether oxygens (including phenoxy) is 1. The van der Waals surface area contributed by atoms with Crippen LogP contribution >= 0.6 is 11.6 Å². The fourth-order valence-electron chi connectivity index (χ4n) is 2.98. The van der Waals surface area contributed by atoms with Crippen molar-refractivity contribution in [1.29, 1.82) is 0 Å². The van der Waals surface area contributed by atoms with Crippen LogP contribution in [-0.2, 0) is 4.74 Å². The molecule has 6 nitrogen and oxygen atoms in total. The summed E-state index contributed by atoms with van der Waals surface area (Å²) < 4.78 is 39.0. The van der Waals surface area contributed by atoms with Gasteiger partial charge in [-0.2, -0.15) is 9.78 Å². The Bertz CT molecular complexity index is 1020. The standard InChI is InChI=1S/C18H14ClF2N3O3/c19-17-14(23-5-7-27-16(10-23)15-2-1-6-26-15)9-22-24(18(17)25)13-4-3-11(20)8-12(13)21/h1-4,6,8-9,16H,5,7,10H2. The zero-order valence-corrected chi connectivity index (χ0v) is 14.7.